The first-order valence-electron chi connectivity index (χ1n) is 24.6. The van der Waals surface area contributed by atoms with Crippen molar-refractivity contribution >= 4 is 70.5 Å². The summed E-state index contributed by atoms with van der Waals surface area (Å²) in [6, 6.07) is 5.03. The van der Waals surface area contributed by atoms with Crippen molar-refractivity contribution in [3.05, 3.63) is 29.8 Å². The Bertz CT molecular complexity index is 1740. The third-order valence-electron chi connectivity index (χ3n) is 11.3. The number of phenolic OH excluding ortho intramolecular Hbond substituents is 1. The lowest BCUT2D eigenvalue weighted by Gasteiger charge is -2.23. The van der Waals surface area contributed by atoms with Crippen LogP contribution in [-0.2, 0) is 58.9 Å². The third kappa shape index (κ3) is 33.1. The average molecular weight is 1040 g/mol. The molecular formula is C48H81N9O12S2. The summed E-state index contributed by atoms with van der Waals surface area (Å²) in [7, 11) is 0. The van der Waals surface area contributed by atoms with Crippen LogP contribution in [0.25, 0.3) is 0 Å². The molecule has 1 heterocycles. The Morgan fingerprint density at radius 2 is 1.63 bits per heavy atom. The van der Waals surface area contributed by atoms with E-state index in [1.807, 2.05) is 6.26 Å². The third-order valence-corrected chi connectivity index (χ3v) is 13.0. The van der Waals surface area contributed by atoms with Gasteiger partial charge in [-0.25, -0.2) is 0 Å². The fourth-order valence-corrected chi connectivity index (χ4v) is 8.75. The number of phenols is 1. The highest BCUT2D eigenvalue weighted by molar-refractivity contribution is 8.00. The molecule has 0 aliphatic carbocycles. The molecule has 71 heavy (non-hydrogen) atoms. The van der Waals surface area contributed by atoms with E-state index in [4.69, 9.17) is 36.1 Å². The second-order valence-electron chi connectivity index (χ2n) is 17.2. The molecule has 1 aromatic rings. The van der Waals surface area contributed by atoms with Crippen LogP contribution >= 0.6 is 23.5 Å². The average Bonchev–Trinajstić information content (AvgIpc) is 3.33. The van der Waals surface area contributed by atoms with E-state index in [0.717, 1.165) is 5.56 Å². The normalized spacial score (nSPS) is 18.0. The predicted molar refractivity (Wildman–Crippen MR) is 276 cm³/mol. The molecule has 1 aliphatic heterocycles. The maximum atomic E-state index is 14.1. The second-order valence-corrected chi connectivity index (χ2v) is 19.1. The standard InChI is InChI=1S/C48H81N9O12S2/c1-70-32-39(59)8-5-21-66-24-25-67-22-16-44(62)52-17-3-2-7-37-15-19-53-45(63)31-69-27-26-68-23-20-54-46(64)34-71-33-41(57-30-43(37)61)42(60)14-11-36(6-4-18-55-48(50)51)29-56-40(47(49)65)28-35-9-12-38(58)13-10-35/h9-10,12-13,36-37,40-41,56-58H,2-8,11,14-34H2,1H3,(H2,49,65)(H,52,62)(H,53,63)(H,54,64)(H4,50,51,55)/t36-,37-,40+,41+/m1/s1. The number of benzene rings is 1. The summed E-state index contributed by atoms with van der Waals surface area (Å²) in [5, 5.41) is 24.7. The number of carbonyl (C=O) groups is 7. The van der Waals surface area contributed by atoms with Crippen LogP contribution in [0, 0.1) is 11.8 Å². The first kappa shape index (κ1) is 62.8. The molecule has 0 aromatic heterocycles. The van der Waals surface area contributed by atoms with Gasteiger partial charge >= 0.3 is 0 Å². The lowest BCUT2D eigenvalue weighted by Crippen LogP contribution is -2.45. The number of amides is 4. The highest BCUT2D eigenvalue weighted by Gasteiger charge is 2.25. The van der Waals surface area contributed by atoms with Crippen LogP contribution in [0.15, 0.2) is 29.3 Å². The van der Waals surface area contributed by atoms with E-state index in [1.54, 1.807) is 12.1 Å². The molecule has 1 aliphatic rings. The van der Waals surface area contributed by atoms with E-state index in [0.29, 0.717) is 109 Å². The molecule has 1 aromatic carbocycles. The van der Waals surface area contributed by atoms with Gasteiger partial charge in [-0.05, 0) is 87.8 Å². The van der Waals surface area contributed by atoms with E-state index < -0.39 is 23.9 Å². The number of ether oxygens (including phenoxy) is 4. The summed E-state index contributed by atoms with van der Waals surface area (Å²) in [4.78, 5) is 93.8. The minimum atomic E-state index is -0.770. The molecule has 21 nitrogen and oxygen atoms in total. The number of Topliss-reactive ketones (excluding diaryl/α,β-unsaturated/α-hetero) is 3. The van der Waals surface area contributed by atoms with Crippen LogP contribution in [0.3, 0.4) is 0 Å². The zero-order valence-electron chi connectivity index (χ0n) is 41.6. The summed E-state index contributed by atoms with van der Waals surface area (Å²) in [5.41, 5.74) is 17.7. The van der Waals surface area contributed by atoms with Crippen molar-refractivity contribution in [1.29, 1.82) is 0 Å². The molecular weight excluding hydrogens is 959 g/mol. The maximum absolute atomic E-state index is 14.1. The van der Waals surface area contributed by atoms with Crippen LogP contribution in [0.4, 0.5) is 0 Å². The van der Waals surface area contributed by atoms with E-state index >= 15 is 0 Å². The fraction of sp³-hybridized carbons (Fsp3) is 0.708. The van der Waals surface area contributed by atoms with Gasteiger partial charge in [-0.15, -0.1) is 11.8 Å². The number of hydrogen-bond acceptors (Lipinski definition) is 17. The van der Waals surface area contributed by atoms with Crippen molar-refractivity contribution in [2.24, 2.45) is 34.0 Å². The van der Waals surface area contributed by atoms with Gasteiger partial charge in [0, 0.05) is 63.7 Å². The van der Waals surface area contributed by atoms with Gasteiger partial charge in [0.2, 0.25) is 23.6 Å². The number of primary amides is 1. The first-order chi connectivity index (χ1) is 34.3. The molecule has 402 valence electrons. The number of rotatable bonds is 31. The predicted octanol–water partition coefficient (Wildman–Crippen LogP) is 0.365. The maximum Gasteiger partial charge on any atom is 0.245 e. The van der Waals surface area contributed by atoms with Crippen molar-refractivity contribution in [2.75, 3.05) is 116 Å². The summed E-state index contributed by atoms with van der Waals surface area (Å²) >= 11 is 2.78. The number of thioether (sulfide) groups is 2. The summed E-state index contributed by atoms with van der Waals surface area (Å²) < 4.78 is 21.9. The van der Waals surface area contributed by atoms with Gasteiger partial charge in [-0.2, -0.15) is 11.8 Å². The van der Waals surface area contributed by atoms with Gasteiger partial charge in [0.1, 0.15) is 23.9 Å². The molecule has 0 unspecified atom stereocenters. The molecule has 0 saturated carbocycles. The van der Waals surface area contributed by atoms with E-state index in [1.165, 1.54) is 35.7 Å². The smallest absolute Gasteiger partial charge is 0.245 e. The van der Waals surface area contributed by atoms with Crippen LogP contribution in [0.5, 0.6) is 5.75 Å². The number of aliphatic imine (C=N–C) groups is 1. The first-order valence-corrected chi connectivity index (χ1v) is 27.2. The molecule has 2 rings (SSSR count). The van der Waals surface area contributed by atoms with E-state index in [2.05, 4.69) is 31.6 Å². The summed E-state index contributed by atoms with van der Waals surface area (Å²) in [6.45, 7) is 3.44. The Balaban J connectivity index is 2.05. The Labute approximate surface area is 427 Å². The molecule has 23 heteroatoms. The van der Waals surface area contributed by atoms with Crippen LogP contribution in [-0.4, -0.2) is 180 Å². The number of ketones is 3. The van der Waals surface area contributed by atoms with Gasteiger partial charge < -0.3 is 62.5 Å². The Kier molecular flexibility index (Phi) is 35.5. The molecule has 12 N–H and O–H groups in total. The van der Waals surface area contributed by atoms with Gasteiger partial charge in [0.05, 0.1) is 69.8 Å². The van der Waals surface area contributed by atoms with Crippen molar-refractivity contribution in [3.63, 3.8) is 0 Å². The second kappa shape index (κ2) is 40.2. The lowest BCUT2D eigenvalue weighted by molar-refractivity contribution is -0.127. The highest BCUT2D eigenvalue weighted by atomic mass is 32.2. The molecule has 0 spiro atoms. The summed E-state index contributed by atoms with van der Waals surface area (Å²) in [5.74, 6) is -1.03. The quantitative estimate of drug-likeness (QED) is 0.0276. The Morgan fingerprint density at radius 3 is 2.38 bits per heavy atom. The minimum absolute atomic E-state index is 0.0309. The lowest BCUT2D eigenvalue weighted by atomic mass is 9.92. The zero-order valence-corrected chi connectivity index (χ0v) is 43.2. The van der Waals surface area contributed by atoms with Crippen LogP contribution < -0.4 is 43.8 Å². The van der Waals surface area contributed by atoms with Crippen molar-refractivity contribution in [1.82, 2.24) is 26.6 Å². The van der Waals surface area contributed by atoms with Gasteiger partial charge in [0.25, 0.3) is 0 Å². The minimum Gasteiger partial charge on any atom is -0.508 e. The zero-order chi connectivity index (χ0) is 51.9. The number of nitrogens with zero attached hydrogens (tertiary/aromatic N) is 1. The van der Waals surface area contributed by atoms with Gasteiger partial charge in [-0.1, -0.05) is 18.6 Å². The number of nitrogens with two attached hydrogens (primary N) is 3. The summed E-state index contributed by atoms with van der Waals surface area (Å²) in [6.07, 6.45) is 7.40. The van der Waals surface area contributed by atoms with E-state index in [-0.39, 0.29) is 130 Å². The van der Waals surface area contributed by atoms with E-state index in [9.17, 15) is 38.7 Å². The van der Waals surface area contributed by atoms with Crippen LogP contribution in [0.1, 0.15) is 76.2 Å². The largest absolute Gasteiger partial charge is 0.508 e. The topological polar surface area (TPSA) is 327 Å². The van der Waals surface area contributed by atoms with Gasteiger partial charge in [0.15, 0.2) is 11.7 Å². The Morgan fingerprint density at radius 1 is 0.887 bits per heavy atom. The highest BCUT2D eigenvalue weighted by Crippen LogP contribution is 2.19. The number of aromatic hydroxyl groups is 1. The number of nitrogens with one attached hydrogen (secondary N) is 5. The number of unbranched alkanes of at least 4 members (excludes halogenated alkanes) is 1. The van der Waals surface area contributed by atoms with Gasteiger partial charge in [-0.3, -0.25) is 43.9 Å². The molecule has 4 atom stereocenters. The molecule has 0 radical (unpaired) electrons. The van der Waals surface area contributed by atoms with Crippen molar-refractivity contribution in [2.45, 2.75) is 89.1 Å². The number of guanidine groups is 1. The number of hydrogen-bond donors (Lipinski definition) is 9. The van der Waals surface area contributed by atoms with Crippen molar-refractivity contribution < 1.29 is 57.6 Å². The number of carbonyl (C=O) groups excluding carboxylic acids is 7. The van der Waals surface area contributed by atoms with Crippen LogP contribution in [0.2, 0.25) is 0 Å². The monoisotopic (exact) mass is 1040 g/mol. The van der Waals surface area contributed by atoms with Crippen molar-refractivity contribution in [3.8, 4) is 5.75 Å². The molecule has 4 amide bonds. The Hall–Kier alpha value is -4.36. The molecule has 1 saturated heterocycles. The molecule has 1 fully saturated rings. The molecule has 0 bridgehead atoms. The SMILES string of the molecule is CSCC(=O)CCCOCCOCCC(=O)NCCCC[C@@H]1CCNC(=O)COCCOCCNC(=O)CSC[C@@H](C(=O)CC[C@@H](CCCN=C(N)N)CN[C@@H](Cc2ccc(O)cc2)C(N)=O)NCC1=O. The fourth-order valence-electron chi connectivity index (χ4n) is 7.34.